The van der Waals surface area contributed by atoms with Crippen molar-refractivity contribution in [2.75, 3.05) is 27.4 Å². The summed E-state index contributed by atoms with van der Waals surface area (Å²) in [6, 6.07) is 4.11. The molecule has 1 unspecified atom stereocenters. The van der Waals surface area contributed by atoms with Crippen LogP contribution in [-0.4, -0.2) is 38.9 Å². The first-order valence-electron chi connectivity index (χ1n) is 7.43. The molecule has 1 N–H and O–H groups in total. The minimum Gasteiger partial charge on any atom is -0.382 e. The molecule has 0 aliphatic heterocycles. The van der Waals surface area contributed by atoms with Crippen LogP contribution in [-0.2, 0) is 19.7 Å². The molecule has 0 aromatic carbocycles. The van der Waals surface area contributed by atoms with E-state index in [1.165, 1.54) is 4.88 Å². The molecule has 0 spiro atoms. The van der Waals surface area contributed by atoms with Crippen molar-refractivity contribution in [2.45, 2.75) is 43.6 Å². The van der Waals surface area contributed by atoms with Crippen LogP contribution >= 0.6 is 11.3 Å². The first-order chi connectivity index (χ1) is 10.1. The van der Waals surface area contributed by atoms with E-state index in [2.05, 4.69) is 11.4 Å². The Bertz CT molecular complexity index is 454. The van der Waals surface area contributed by atoms with Crippen LogP contribution in [0.2, 0.25) is 0 Å². The van der Waals surface area contributed by atoms with E-state index in [9.17, 15) is 4.79 Å². The number of hydrogen-bond donors (Lipinski definition) is 1. The molecule has 0 radical (unpaired) electrons. The van der Waals surface area contributed by atoms with Crippen LogP contribution in [0.25, 0.3) is 0 Å². The van der Waals surface area contributed by atoms with E-state index in [0.717, 1.165) is 25.7 Å². The third kappa shape index (κ3) is 3.47. The zero-order valence-electron chi connectivity index (χ0n) is 13.1. The van der Waals surface area contributed by atoms with Gasteiger partial charge in [0.15, 0.2) is 0 Å². The minimum absolute atomic E-state index is 0.127. The van der Waals surface area contributed by atoms with Crippen molar-refractivity contribution in [3.8, 4) is 0 Å². The van der Waals surface area contributed by atoms with Crippen LogP contribution in [0.1, 0.15) is 37.5 Å². The Morgan fingerprint density at radius 2 is 2.14 bits per heavy atom. The predicted octanol–water partition coefficient (Wildman–Crippen LogP) is 2.73. The van der Waals surface area contributed by atoms with E-state index in [4.69, 9.17) is 9.47 Å². The first-order valence-corrected chi connectivity index (χ1v) is 8.31. The molecule has 2 rings (SSSR count). The summed E-state index contributed by atoms with van der Waals surface area (Å²) < 4.78 is 10.7. The van der Waals surface area contributed by atoms with Gasteiger partial charge in [0.2, 0.25) is 5.91 Å². The second-order valence-electron chi connectivity index (χ2n) is 6.04. The summed E-state index contributed by atoms with van der Waals surface area (Å²) >= 11 is 1.68. The van der Waals surface area contributed by atoms with Gasteiger partial charge in [0.05, 0.1) is 12.0 Å². The number of ether oxygens (including phenoxy) is 2. The summed E-state index contributed by atoms with van der Waals surface area (Å²) in [5.41, 5.74) is -0.824. The second kappa shape index (κ2) is 6.90. The highest BCUT2D eigenvalue weighted by molar-refractivity contribution is 7.10. The molecule has 21 heavy (non-hydrogen) atoms. The smallest absolute Gasteiger partial charge is 0.231 e. The van der Waals surface area contributed by atoms with Gasteiger partial charge in [-0.15, -0.1) is 11.3 Å². The van der Waals surface area contributed by atoms with E-state index in [0.29, 0.717) is 13.2 Å². The lowest BCUT2D eigenvalue weighted by Gasteiger charge is -2.31. The topological polar surface area (TPSA) is 47.6 Å². The van der Waals surface area contributed by atoms with Crippen molar-refractivity contribution in [3.63, 3.8) is 0 Å². The molecule has 1 aliphatic rings. The van der Waals surface area contributed by atoms with Crippen molar-refractivity contribution in [3.05, 3.63) is 22.4 Å². The van der Waals surface area contributed by atoms with Gasteiger partial charge in [0.25, 0.3) is 0 Å². The molecular formula is C16H25NO3S. The molecule has 0 bridgehead atoms. The van der Waals surface area contributed by atoms with Crippen molar-refractivity contribution in [2.24, 2.45) is 0 Å². The zero-order chi connectivity index (χ0) is 15.3. The molecular weight excluding hydrogens is 286 g/mol. The number of thiophene rings is 1. The minimum atomic E-state index is -0.486. The average Bonchev–Trinajstić information content (AvgIpc) is 3.16. The molecule has 1 aromatic rings. The van der Waals surface area contributed by atoms with Crippen LogP contribution in [0.5, 0.6) is 0 Å². The van der Waals surface area contributed by atoms with Gasteiger partial charge in [0.1, 0.15) is 5.60 Å². The van der Waals surface area contributed by atoms with Crippen LogP contribution in [0, 0.1) is 0 Å². The van der Waals surface area contributed by atoms with Crippen molar-refractivity contribution in [1.82, 2.24) is 5.32 Å². The van der Waals surface area contributed by atoms with Crippen LogP contribution in [0.3, 0.4) is 0 Å². The zero-order valence-corrected chi connectivity index (χ0v) is 13.9. The maximum absolute atomic E-state index is 12.8. The molecule has 1 aromatic heterocycles. The Labute approximate surface area is 130 Å². The molecule has 1 saturated carbocycles. The fraction of sp³-hybridized carbons (Fsp3) is 0.688. The summed E-state index contributed by atoms with van der Waals surface area (Å²) in [7, 11) is 3.29. The Morgan fingerprint density at radius 3 is 2.67 bits per heavy atom. The molecule has 1 atom stereocenters. The highest BCUT2D eigenvalue weighted by atomic mass is 32.1. The van der Waals surface area contributed by atoms with Gasteiger partial charge in [-0.2, -0.15) is 0 Å². The van der Waals surface area contributed by atoms with Gasteiger partial charge in [-0.05, 0) is 31.2 Å². The summed E-state index contributed by atoms with van der Waals surface area (Å²) in [6.45, 7) is 2.86. The van der Waals surface area contributed by atoms with E-state index >= 15 is 0 Å². The highest BCUT2D eigenvalue weighted by Crippen LogP contribution is 2.43. The van der Waals surface area contributed by atoms with Crippen LogP contribution in [0.15, 0.2) is 17.5 Å². The fourth-order valence-corrected chi connectivity index (χ4v) is 4.02. The molecule has 1 amide bonds. The quantitative estimate of drug-likeness (QED) is 0.842. The highest BCUT2D eigenvalue weighted by Gasteiger charge is 2.44. The molecule has 1 heterocycles. The van der Waals surface area contributed by atoms with Gasteiger partial charge >= 0.3 is 0 Å². The van der Waals surface area contributed by atoms with Gasteiger partial charge in [-0.25, -0.2) is 0 Å². The second-order valence-corrected chi connectivity index (χ2v) is 6.98. The van der Waals surface area contributed by atoms with Crippen molar-refractivity contribution >= 4 is 17.2 Å². The number of methoxy groups -OCH3 is 2. The number of amides is 1. The number of carbonyl (C=O) groups is 1. The molecule has 0 saturated heterocycles. The Kier molecular flexibility index (Phi) is 5.41. The third-order valence-corrected chi connectivity index (χ3v) is 5.52. The Hall–Kier alpha value is -0.910. The molecule has 118 valence electrons. The molecule has 4 nitrogen and oxygen atoms in total. The largest absolute Gasteiger partial charge is 0.382 e. The average molecular weight is 311 g/mol. The standard InChI is InChI=1S/C16H25NO3S/c1-15(20-3,12-19-2)11-17-14(18)16(8-4-5-9-16)13-7-6-10-21-13/h6-7,10H,4-5,8-9,11-12H2,1-3H3,(H,17,18). The van der Waals surface area contributed by atoms with Crippen LogP contribution < -0.4 is 5.32 Å². The van der Waals surface area contributed by atoms with E-state index in [-0.39, 0.29) is 11.3 Å². The number of carbonyl (C=O) groups excluding carboxylic acids is 1. The summed E-state index contributed by atoms with van der Waals surface area (Å²) in [5, 5.41) is 5.14. The summed E-state index contributed by atoms with van der Waals surface area (Å²) in [6.07, 6.45) is 4.11. The van der Waals surface area contributed by atoms with Crippen molar-refractivity contribution < 1.29 is 14.3 Å². The Balaban J connectivity index is 2.07. The summed E-state index contributed by atoms with van der Waals surface area (Å²) in [5.74, 6) is 0.127. The predicted molar refractivity (Wildman–Crippen MR) is 84.8 cm³/mol. The monoisotopic (exact) mass is 311 g/mol. The van der Waals surface area contributed by atoms with Crippen molar-refractivity contribution in [1.29, 1.82) is 0 Å². The number of hydrogen-bond acceptors (Lipinski definition) is 4. The lowest BCUT2D eigenvalue weighted by Crippen LogP contribution is -2.50. The number of nitrogens with one attached hydrogen (secondary N) is 1. The molecule has 1 aliphatic carbocycles. The van der Waals surface area contributed by atoms with Crippen LogP contribution in [0.4, 0.5) is 0 Å². The van der Waals surface area contributed by atoms with Gasteiger partial charge < -0.3 is 14.8 Å². The number of rotatable bonds is 7. The maximum Gasteiger partial charge on any atom is 0.231 e. The van der Waals surface area contributed by atoms with Gasteiger partial charge in [0, 0.05) is 25.6 Å². The van der Waals surface area contributed by atoms with E-state index < -0.39 is 5.60 Å². The lowest BCUT2D eigenvalue weighted by atomic mass is 9.83. The van der Waals surface area contributed by atoms with E-state index in [1.54, 1.807) is 25.6 Å². The SMILES string of the molecule is COCC(C)(CNC(=O)C1(c2cccs2)CCCC1)OC. The normalized spacial score (nSPS) is 20.1. The van der Waals surface area contributed by atoms with Gasteiger partial charge in [-0.1, -0.05) is 18.9 Å². The first kappa shape index (κ1) is 16.5. The van der Waals surface area contributed by atoms with E-state index in [1.807, 2.05) is 18.4 Å². The fourth-order valence-electron chi connectivity index (χ4n) is 3.04. The Morgan fingerprint density at radius 1 is 1.43 bits per heavy atom. The molecule has 5 heteroatoms. The maximum atomic E-state index is 12.8. The molecule has 1 fully saturated rings. The third-order valence-electron chi connectivity index (χ3n) is 4.45. The lowest BCUT2D eigenvalue weighted by molar-refractivity contribution is -0.128. The summed E-state index contributed by atoms with van der Waals surface area (Å²) in [4.78, 5) is 14.0. The van der Waals surface area contributed by atoms with Gasteiger partial charge in [-0.3, -0.25) is 4.79 Å².